The van der Waals surface area contributed by atoms with Crippen molar-refractivity contribution in [3.8, 4) is 0 Å². The Kier molecular flexibility index (Phi) is 3.60. The van der Waals surface area contributed by atoms with Gasteiger partial charge in [-0.1, -0.05) is 19.8 Å². The van der Waals surface area contributed by atoms with Crippen LogP contribution in [0.3, 0.4) is 0 Å². The Morgan fingerprint density at radius 1 is 1.62 bits per heavy atom. The lowest BCUT2D eigenvalue weighted by molar-refractivity contribution is -0.147. The van der Waals surface area contributed by atoms with E-state index in [9.17, 15) is 4.79 Å². The van der Waals surface area contributed by atoms with E-state index in [2.05, 4.69) is 6.92 Å². The van der Waals surface area contributed by atoms with Crippen LogP contribution in [0.15, 0.2) is 0 Å². The molecule has 2 nitrogen and oxygen atoms in total. The molecule has 0 aliphatic carbocycles. The van der Waals surface area contributed by atoms with Gasteiger partial charge in [-0.3, -0.25) is 4.79 Å². The van der Waals surface area contributed by atoms with Crippen molar-refractivity contribution in [2.75, 3.05) is 0 Å². The smallest absolute Gasteiger partial charge is 0.308 e. The van der Waals surface area contributed by atoms with Crippen molar-refractivity contribution in [1.29, 1.82) is 0 Å². The number of cyclic esters (lactones) is 1. The molecule has 76 valence electrons. The van der Waals surface area contributed by atoms with Gasteiger partial charge in [0.05, 0.1) is 11.8 Å². The van der Waals surface area contributed by atoms with E-state index in [0.717, 1.165) is 12.8 Å². The van der Waals surface area contributed by atoms with Crippen LogP contribution in [0.5, 0.6) is 0 Å². The first-order valence-corrected chi connectivity index (χ1v) is 5.38. The molecule has 0 bridgehead atoms. The lowest BCUT2D eigenvalue weighted by Crippen LogP contribution is -2.32. The van der Waals surface area contributed by atoms with Gasteiger partial charge >= 0.3 is 5.97 Å². The Hall–Kier alpha value is -0.240. The number of rotatable bonds is 4. The first-order chi connectivity index (χ1) is 6.08. The van der Waals surface area contributed by atoms with Gasteiger partial charge in [0, 0.05) is 0 Å². The summed E-state index contributed by atoms with van der Waals surface area (Å²) >= 11 is 6.05. The maximum absolute atomic E-state index is 11.0. The molecule has 1 aliphatic heterocycles. The van der Waals surface area contributed by atoms with E-state index >= 15 is 0 Å². The van der Waals surface area contributed by atoms with Gasteiger partial charge in [0.2, 0.25) is 0 Å². The molecular weight excluding hydrogens is 188 g/mol. The molecule has 0 aromatic carbocycles. The monoisotopic (exact) mass is 204 g/mol. The van der Waals surface area contributed by atoms with Crippen molar-refractivity contribution in [3.05, 3.63) is 0 Å². The highest BCUT2D eigenvalue weighted by Gasteiger charge is 2.43. The number of unbranched alkanes of at least 4 members (excludes halogenated alkanes) is 2. The molecular formula is C10H17ClO2. The van der Waals surface area contributed by atoms with E-state index in [0.29, 0.717) is 6.42 Å². The normalized spacial score (nSPS) is 33.5. The molecule has 13 heavy (non-hydrogen) atoms. The van der Waals surface area contributed by atoms with E-state index < -0.39 is 5.60 Å². The molecule has 0 N–H and O–H groups in total. The highest BCUT2D eigenvalue weighted by Crippen LogP contribution is 2.35. The number of hydrogen-bond donors (Lipinski definition) is 0. The summed E-state index contributed by atoms with van der Waals surface area (Å²) in [5, 5.41) is -0.142. The summed E-state index contributed by atoms with van der Waals surface area (Å²) in [6, 6.07) is 0. The van der Waals surface area contributed by atoms with E-state index in [1.807, 2.05) is 6.92 Å². The molecule has 1 aliphatic rings. The number of carbonyl (C=O) groups is 1. The third-order valence-electron chi connectivity index (χ3n) is 2.63. The van der Waals surface area contributed by atoms with E-state index in [1.165, 1.54) is 12.8 Å². The zero-order chi connectivity index (χ0) is 9.90. The van der Waals surface area contributed by atoms with E-state index in [4.69, 9.17) is 16.3 Å². The van der Waals surface area contributed by atoms with Crippen molar-refractivity contribution in [2.45, 2.75) is 56.9 Å². The summed E-state index contributed by atoms with van der Waals surface area (Å²) in [7, 11) is 0. The number of carbonyl (C=O) groups excluding carboxylic acids is 1. The molecule has 1 fully saturated rings. The van der Waals surface area contributed by atoms with Crippen LogP contribution in [0.2, 0.25) is 0 Å². The van der Waals surface area contributed by atoms with Gasteiger partial charge in [0.15, 0.2) is 0 Å². The Balaban J connectivity index is 2.41. The second kappa shape index (κ2) is 4.32. The van der Waals surface area contributed by atoms with Crippen LogP contribution in [0, 0.1) is 0 Å². The molecule has 0 aromatic rings. The van der Waals surface area contributed by atoms with Crippen LogP contribution in [-0.2, 0) is 9.53 Å². The van der Waals surface area contributed by atoms with Crippen LogP contribution in [0.1, 0.15) is 46.0 Å². The van der Waals surface area contributed by atoms with Crippen molar-refractivity contribution >= 4 is 17.6 Å². The standard InChI is InChI=1S/C10H17ClO2/c1-3-4-5-6-10(2)8(11)7-9(12)13-10/h8H,3-7H2,1-2H3/t8-,10-/m0/s1. The minimum Gasteiger partial charge on any atom is -0.458 e. The van der Waals surface area contributed by atoms with Crippen LogP contribution in [0.25, 0.3) is 0 Å². The summed E-state index contributed by atoms with van der Waals surface area (Å²) in [6.07, 6.45) is 4.70. The van der Waals surface area contributed by atoms with Crippen LogP contribution >= 0.6 is 11.6 Å². The molecule has 2 atom stereocenters. The third kappa shape index (κ3) is 2.60. The molecule has 0 saturated carbocycles. The molecule has 1 heterocycles. The van der Waals surface area contributed by atoms with E-state index in [-0.39, 0.29) is 11.3 Å². The molecule has 1 rings (SSSR count). The second-order valence-electron chi connectivity index (χ2n) is 3.92. The summed E-state index contributed by atoms with van der Waals surface area (Å²) in [4.78, 5) is 11.0. The fourth-order valence-corrected chi connectivity index (χ4v) is 1.94. The van der Waals surface area contributed by atoms with Gasteiger partial charge < -0.3 is 4.74 Å². The van der Waals surface area contributed by atoms with Crippen LogP contribution in [0.4, 0.5) is 0 Å². The number of halogens is 1. The predicted molar refractivity (Wildman–Crippen MR) is 52.9 cm³/mol. The topological polar surface area (TPSA) is 26.3 Å². The lowest BCUT2D eigenvalue weighted by Gasteiger charge is -2.25. The zero-order valence-corrected chi connectivity index (χ0v) is 9.06. The van der Waals surface area contributed by atoms with Gasteiger partial charge in [-0.15, -0.1) is 11.6 Å². The number of esters is 1. The van der Waals surface area contributed by atoms with Gasteiger partial charge in [-0.2, -0.15) is 0 Å². The maximum Gasteiger partial charge on any atom is 0.308 e. The summed E-state index contributed by atoms with van der Waals surface area (Å²) < 4.78 is 5.24. The number of ether oxygens (including phenoxy) is 1. The van der Waals surface area contributed by atoms with E-state index in [1.54, 1.807) is 0 Å². The highest BCUT2D eigenvalue weighted by molar-refractivity contribution is 6.23. The average molecular weight is 205 g/mol. The molecule has 1 saturated heterocycles. The Labute approximate surface area is 84.6 Å². The van der Waals surface area contributed by atoms with Gasteiger partial charge in [-0.25, -0.2) is 0 Å². The summed E-state index contributed by atoms with van der Waals surface area (Å²) in [5.41, 5.74) is -0.409. The third-order valence-corrected chi connectivity index (χ3v) is 3.25. The fourth-order valence-electron chi connectivity index (χ4n) is 1.66. The number of hydrogen-bond acceptors (Lipinski definition) is 2. The zero-order valence-electron chi connectivity index (χ0n) is 8.31. The number of alkyl halides is 1. The van der Waals surface area contributed by atoms with Gasteiger partial charge in [0.1, 0.15) is 5.60 Å². The fraction of sp³-hybridized carbons (Fsp3) is 0.900. The van der Waals surface area contributed by atoms with Gasteiger partial charge in [-0.05, 0) is 19.8 Å². The lowest BCUT2D eigenvalue weighted by atomic mass is 9.95. The van der Waals surface area contributed by atoms with Crippen LogP contribution < -0.4 is 0 Å². The summed E-state index contributed by atoms with van der Waals surface area (Å²) in [6.45, 7) is 4.09. The van der Waals surface area contributed by atoms with Crippen molar-refractivity contribution in [3.63, 3.8) is 0 Å². The Morgan fingerprint density at radius 3 is 2.77 bits per heavy atom. The molecule has 0 unspecified atom stereocenters. The molecule has 3 heteroatoms. The second-order valence-corrected chi connectivity index (χ2v) is 4.44. The first-order valence-electron chi connectivity index (χ1n) is 4.94. The quantitative estimate of drug-likeness (QED) is 0.400. The summed E-state index contributed by atoms with van der Waals surface area (Å²) in [5.74, 6) is -0.154. The Bertz CT molecular complexity index is 193. The van der Waals surface area contributed by atoms with Crippen LogP contribution in [-0.4, -0.2) is 16.9 Å². The molecule has 0 aromatic heterocycles. The largest absolute Gasteiger partial charge is 0.458 e. The predicted octanol–water partition coefficient (Wildman–Crippen LogP) is 2.88. The minimum atomic E-state index is -0.409. The van der Waals surface area contributed by atoms with Crippen molar-refractivity contribution in [1.82, 2.24) is 0 Å². The minimum absolute atomic E-state index is 0.142. The molecule has 0 spiro atoms. The van der Waals surface area contributed by atoms with Crippen molar-refractivity contribution < 1.29 is 9.53 Å². The molecule has 0 radical (unpaired) electrons. The molecule has 0 amide bonds. The maximum atomic E-state index is 11.0. The average Bonchev–Trinajstić information content (AvgIpc) is 2.27. The van der Waals surface area contributed by atoms with Crippen molar-refractivity contribution in [2.24, 2.45) is 0 Å². The first kappa shape index (κ1) is 10.8. The highest BCUT2D eigenvalue weighted by atomic mass is 35.5. The van der Waals surface area contributed by atoms with Gasteiger partial charge in [0.25, 0.3) is 0 Å². The SMILES string of the molecule is CCCCC[C@]1(C)OC(=O)C[C@@H]1Cl. The Morgan fingerprint density at radius 2 is 2.31 bits per heavy atom.